The van der Waals surface area contributed by atoms with E-state index in [9.17, 15) is 23.3 Å². The number of sulfonamides is 1. The quantitative estimate of drug-likeness (QED) is 0.267. The number of hydrogen-bond donors (Lipinski definition) is 1. The van der Waals surface area contributed by atoms with Crippen molar-refractivity contribution < 1.29 is 22.6 Å². The molecule has 1 N–H and O–H groups in total. The first-order chi connectivity index (χ1) is 16.7. The van der Waals surface area contributed by atoms with E-state index >= 15 is 0 Å². The minimum Gasteiger partial charge on any atom is -0.411 e. The van der Waals surface area contributed by atoms with Gasteiger partial charge in [0.2, 0.25) is 21.8 Å². The third kappa shape index (κ3) is 6.35. The molecule has 0 atom stereocenters. The van der Waals surface area contributed by atoms with Crippen LogP contribution in [0.4, 0.5) is 17.1 Å². The van der Waals surface area contributed by atoms with Crippen molar-refractivity contribution in [1.29, 1.82) is 0 Å². The minimum absolute atomic E-state index is 0.0397. The molecule has 1 fully saturated rings. The zero-order valence-corrected chi connectivity index (χ0v) is 20.3. The van der Waals surface area contributed by atoms with E-state index in [0.717, 1.165) is 17.4 Å². The molecule has 1 aromatic heterocycles. The Kier molecular flexibility index (Phi) is 7.33. The molecule has 0 bridgehead atoms. The molecule has 35 heavy (non-hydrogen) atoms. The predicted molar refractivity (Wildman–Crippen MR) is 131 cm³/mol. The van der Waals surface area contributed by atoms with Gasteiger partial charge in [-0.15, -0.1) is 10.2 Å². The third-order valence-electron chi connectivity index (χ3n) is 5.28. The molecule has 12 nitrogen and oxygen atoms in total. The summed E-state index contributed by atoms with van der Waals surface area (Å²) < 4.78 is 30.3. The fourth-order valence-corrected chi connectivity index (χ4v) is 4.86. The van der Waals surface area contributed by atoms with Crippen LogP contribution in [0.1, 0.15) is 0 Å². The van der Waals surface area contributed by atoms with Gasteiger partial charge in [-0.3, -0.25) is 14.9 Å². The summed E-state index contributed by atoms with van der Waals surface area (Å²) in [4.78, 5) is 24.7. The van der Waals surface area contributed by atoms with Crippen LogP contribution >= 0.6 is 11.8 Å². The van der Waals surface area contributed by atoms with Crippen LogP contribution in [-0.2, 0) is 14.8 Å². The van der Waals surface area contributed by atoms with Crippen LogP contribution in [0.25, 0.3) is 11.5 Å². The normalized spacial score (nSPS) is 14.6. The fourth-order valence-electron chi connectivity index (χ4n) is 3.47. The summed E-state index contributed by atoms with van der Waals surface area (Å²) >= 11 is 1.08. The molecule has 4 rings (SSSR count). The number of nitro groups is 1. The van der Waals surface area contributed by atoms with E-state index in [4.69, 9.17) is 4.42 Å². The zero-order chi connectivity index (χ0) is 25.0. The monoisotopic (exact) mass is 518 g/mol. The van der Waals surface area contributed by atoms with Crippen molar-refractivity contribution in [3.63, 3.8) is 0 Å². The Morgan fingerprint density at radius 2 is 1.74 bits per heavy atom. The molecule has 0 aliphatic carbocycles. The van der Waals surface area contributed by atoms with Gasteiger partial charge in [0, 0.05) is 55.2 Å². The summed E-state index contributed by atoms with van der Waals surface area (Å²) in [6.45, 7) is 2.08. The highest BCUT2D eigenvalue weighted by Crippen LogP contribution is 2.25. The number of benzene rings is 2. The van der Waals surface area contributed by atoms with Crippen LogP contribution in [0, 0.1) is 10.1 Å². The van der Waals surface area contributed by atoms with Crippen LogP contribution in [0.2, 0.25) is 0 Å². The number of rotatable bonds is 8. The molecule has 1 saturated heterocycles. The number of non-ortho nitro benzene ring substituents is 1. The molecule has 2 heterocycles. The standard InChI is InChI=1S/C21H22N6O6S2/c1-35(31,32)26-12-10-25(11-13-26)17-8-4-16(5-9-17)22-19(28)14-34-21-24-23-20(33-21)15-2-6-18(7-3-15)27(29)30/h2-9H,10-14H2,1H3,(H,22,28). The predicted octanol–water partition coefficient (Wildman–Crippen LogP) is 2.46. The van der Waals surface area contributed by atoms with Gasteiger partial charge in [-0.05, 0) is 36.4 Å². The molecule has 0 radical (unpaired) electrons. The second kappa shape index (κ2) is 10.4. The maximum Gasteiger partial charge on any atom is 0.277 e. The number of nitrogens with one attached hydrogen (secondary N) is 1. The third-order valence-corrected chi connectivity index (χ3v) is 7.40. The van der Waals surface area contributed by atoms with Gasteiger partial charge in [0.05, 0.1) is 16.9 Å². The van der Waals surface area contributed by atoms with E-state index in [-0.39, 0.29) is 28.5 Å². The van der Waals surface area contributed by atoms with Gasteiger partial charge in [-0.1, -0.05) is 11.8 Å². The summed E-state index contributed by atoms with van der Waals surface area (Å²) in [6, 6.07) is 13.1. The molecule has 1 aliphatic rings. The lowest BCUT2D eigenvalue weighted by atomic mass is 10.2. The minimum atomic E-state index is -3.17. The molecule has 1 amide bonds. The molecule has 0 spiro atoms. The van der Waals surface area contributed by atoms with E-state index in [0.29, 0.717) is 37.4 Å². The average Bonchev–Trinajstić information content (AvgIpc) is 3.32. The Morgan fingerprint density at radius 3 is 2.34 bits per heavy atom. The zero-order valence-electron chi connectivity index (χ0n) is 18.7. The number of aromatic nitrogens is 2. The number of carbonyl (C=O) groups is 1. The summed E-state index contributed by atoms with van der Waals surface area (Å²) in [5.74, 6) is 0.00672. The van der Waals surface area contributed by atoms with E-state index < -0.39 is 14.9 Å². The van der Waals surface area contributed by atoms with Gasteiger partial charge in [-0.2, -0.15) is 4.31 Å². The number of thioether (sulfide) groups is 1. The van der Waals surface area contributed by atoms with Crippen molar-refractivity contribution in [3.05, 3.63) is 58.6 Å². The van der Waals surface area contributed by atoms with E-state index in [1.165, 1.54) is 34.8 Å². The summed E-state index contributed by atoms with van der Waals surface area (Å²) in [6.07, 6.45) is 1.22. The molecular weight excluding hydrogens is 496 g/mol. The van der Waals surface area contributed by atoms with Gasteiger partial charge in [-0.25, -0.2) is 8.42 Å². The van der Waals surface area contributed by atoms with Crippen molar-refractivity contribution in [1.82, 2.24) is 14.5 Å². The molecule has 0 unspecified atom stereocenters. The maximum absolute atomic E-state index is 12.3. The Labute approximate surface area is 205 Å². The number of hydrogen-bond acceptors (Lipinski definition) is 10. The van der Waals surface area contributed by atoms with Crippen molar-refractivity contribution in [3.8, 4) is 11.5 Å². The maximum atomic E-state index is 12.3. The highest BCUT2D eigenvalue weighted by Gasteiger charge is 2.23. The number of piperazine rings is 1. The Hall–Kier alpha value is -3.49. The van der Waals surface area contributed by atoms with E-state index in [2.05, 4.69) is 20.4 Å². The molecule has 0 saturated carbocycles. The smallest absolute Gasteiger partial charge is 0.277 e. The van der Waals surface area contributed by atoms with E-state index in [1.54, 1.807) is 12.1 Å². The molecule has 2 aromatic carbocycles. The van der Waals surface area contributed by atoms with E-state index in [1.807, 2.05) is 12.1 Å². The topological polar surface area (TPSA) is 152 Å². The number of nitrogens with zero attached hydrogens (tertiary/aromatic N) is 5. The van der Waals surface area contributed by atoms with Gasteiger partial charge >= 0.3 is 0 Å². The van der Waals surface area contributed by atoms with Gasteiger partial charge < -0.3 is 14.6 Å². The first-order valence-corrected chi connectivity index (χ1v) is 13.3. The lowest BCUT2D eigenvalue weighted by molar-refractivity contribution is -0.384. The lowest BCUT2D eigenvalue weighted by Crippen LogP contribution is -2.48. The Balaban J connectivity index is 1.26. The number of nitro benzene ring substituents is 1. The average molecular weight is 519 g/mol. The van der Waals surface area contributed by atoms with Crippen LogP contribution < -0.4 is 10.2 Å². The second-order valence-electron chi connectivity index (χ2n) is 7.71. The Bertz CT molecular complexity index is 1300. The van der Waals surface area contributed by atoms with Crippen LogP contribution in [-0.4, -0.2) is 71.9 Å². The highest BCUT2D eigenvalue weighted by atomic mass is 32.2. The summed E-state index contributed by atoms with van der Waals surface area (Å²) in [7, 11) is -3.17. The number of anilines is 2. The largest absolute Gasteiger partial charge is 0.411 e. The van der Waals surface area contributed by atoms with Gasteiger partial charge in [0.1, 0.15) is 0 Å². The lowest BCUT2D eigenvalue weighted by Gasteiger charge is -2.34. The molecule has 184 valence electrons. The van der Waals surface area contributed by atoms with Crippen molar-refractivity contribution >= 4 is 44.8 Å². The van der Waals surface area contributed by atoms with Gasteiger partial charge in [0.15, 0.2) is 0 Å². The SMILES string of the molecule is CS(=O)(=O)N1CCN(c2ccc(NC(=O)CSc3nnc(-c4ccc([N+](=O)[O-])cc4)o3)cc2)CC1. The second-order valence-corrected chi connectivity index (χ2v) is 10.6. The van der Waals surface area contributed by atoms with Crippen LogP contribution in [0.5, 0.6) is 0 Å². The Morgan fingerprint density at radius 1 is 1.09 bits per heavy atom. The summed E-state index contributed by atoms with van der Waals surface area (Å²) in [5, 5.41) is 21.6. The molecule has 3 aromatic rings. The van der Waals surface area contributed by atoms with Gasteiger partial charge in [0.25, 0.3) is 10.9 Å². The van der Waals surface area contributed by atoms with Crippen LogP contribution in [0.3, 0.4) is 0 Å². The number of amides is 1. The van der Waals surface area contributed by atoms with Crippen molar-refractivity contribution in [2.75, 3.05) is 48.4 Å². The van der Waals surface area contributed by atoms with Crippen molar-refractivity contribution in [2.45, 2.75) is 5.22 Å². The summed E-state index contributed by atoms with van der Waals surface area (Å²) in [5.41, 5.74) is 2.08. The fraction of sp³-hybridized carbons (Fsp3) is 0.286. The highest BCUT2D eigenvalue weighted by molar-refractivity contribution is 7.99. The molecular formula is C21H22N6O6S2. The number of carbonyl (C=O) groups excluding carboxylic acids is 1. The first-order valence-electron chi connectivity index (χ1n) is 10.5. The first kappa shape index (κ1) is 24.6. The molecule has 14 heteroatoms. The van der Waals surface area contributed by atoms with Crippen molar-refractivity contribution in [2.24, 2.45) is 0 Å². The van der Waals surface area contributed by atoms with Crippen LogP contribution in [0.15, 0.2) is 58.2 Å². The molecule has 1 aliphatic heterocycles.